The number of hydrogen-bond acceptors (Lipinski definition) is 6. The minimum Gasteiger partial charge on any atom is -0.489 e. The predicted molar refractivity (Wildman–Crippen MR) is 104 cm³/mol. The molecule has 0 aliphatic carbocycles. The van der Waals surface area contributed by atoms with Crippen molar-refractivity contribution in [3.63, 3.8) is 0 Å². The lowest BCUT2D eigenvalue weighted by Gasteiger charge is -2.13. The minimum absolute atomic E-state index is 0.0768. The number of benzene rings is 1. The van der Waals surface area contributed by atoms with Crippen LogP contribution in [0.5, 0.6) is 5.75 Å². The second-order valence-electron chi connectivity index (χ2n) is 6.87. The van der Waals surface area contributed by atoms with E-state index in [1.165, 1.54) is 12.1 Å². The molecule has 0 saturated carbocycles. The van der Waals surface area contributed by atoms with Gasteiger partial charge in [0.05, 0.1) is 12.6 Å². The Hall–Kier alpha value is -3.26. The van der Waals surface area contributed by atoms with E-state index < -0.39 is 0 Å². The molecule has 1 fully saturated rings. The zero-order valence-corrected chi connectivity index (χ0v) is 15.9. The number of aryl methyl sites for hydroxylation is 1. The van der Waals surface area contributed by atoms with Gasteiger partial charge in [-0.1, -0.05) is 0 Å². The van der Waals surface area contributed by atoms with Gasteiger partial charge in [-0.25, -0.2) is 9.37 Å². The van der Waals surface area contributed by atoms with Crippen LogP contribution in [-0.4, -0.2) is 34.6 Å². The quantitative estimate of drug-likeness (QED) is 0.666. The molecule has 1 aromatic carbocycles. The monoisotopic (exact) mass is 396 g/mol. The zero-order chi connectivity index (χ0) is 20.2. The first-order valence-corrected chi connectivity index (χ1v) is 9.38. The van der Waals surface area contributed by atoms with Crippen molar-refractivity contribution < 1.29 is 18.3 Å². The zero-order valence-electron chi connectivity index (χ0n) is 15.9. The Labute approximate surface area is 167 Å². The standard InChI is InChI=1S/C21H21FN4O3/c1-13-19(26-21(28-13)14-2-4-15(22)5-3-14)12-25-20(27)18-10-17(11-24-18)29-16-6-8-23-9-7-16/h2-9,17-18,24H,10-12H2,1H3,(H,25,27)/t17-,18-/m0/s1. The third-order valence-electron chi connectivity index (χ3n) is 4.77. The minimum atomic E-state index is -0.328. The summed E-state index contributed by atoms with van der Waals surface area (Å²) >= 11 is 0. The largest absolute Gasteiger partial charge is 0.489 e. The summed E-state index contributed by atoms with van der Waals surface area (Å²) in [5, 5.41) is 6.07. The van der Waals surface area contributed by atoms with E-state index in [1.807, 2.05) is 0 Å². The highest BCUT2D eigenvalue weighted by Gasteiger charge is 2.30. The van der Waals surface area contributed by atoms with Gasteiger partial charge in [0, 0.05) is 30.9 Å². The van der Waals surface area contributed by atoms with Crippen molar-refractivity contribution in [2.24, 2.45) is 0 Å². The Balaban J connectivity index is 1.31. The van der Waals surface area contributed by atoms with Crippen molar-refractivity contribution in [3.8, 4) is 17.2 Å². The highest BCUT2D eigenvalue weighted by molar-refractivity contribution is 5.82. The molecule has 1 aliphatic rings. The van der Waals surface area contributed by atoms with E-state index in [2.05, 4.69) is 20.6 Å². The molecule has 2 N–H and O–H groups in total. The van der Waals surface area contributed by atoms with Gasteiger partial charge in [-0.15, -0.1) is 0 Å². The molecule has 0 radical (unpaired) electrons. The molecule has 3 aromatic rings. The van der Waals surface area contributed by atoms with Gasteiger partial charge < -0.3 is 19.8 Å². The smallest absolute Gasteiger partial charge is 0.237 e. The summed E-state index contributed by atoms with van der Waals surface area (Å²) in [6.45, 7) is 2.63. The number of carbonyl (C=O) groups is 1. The van der Waals surface area contributed by atoms with Crippen LogP contribution in [0.25, 0.3) is 11.5 Å². The number of oxazole rings is 1. The Bertz CT molecular complexity index is 975. The van der Waals surface area contributed by atoms with Crippen molar-refractivity contribution in [1.29, 1.82) is 0 Å². The Kier molecular flexibility index (Phi) is 5.53. The van der Waals surface area contributed by atoms with Gasteiger partial charge in [0.2, 0.25) is 11.8 Å². The van der Waals surface area contributed by atoms with Gasteiger partial charge in [-0.3, -0.25) is 9.78 Å². The van der Waals surface area contributed by atoms with Crippen LogP contribution < -0.4 is 15.4 Å². The number of pyridine rings is 1. The molecule has 29 heavy (non-hydrogen) atoms. The van der Waals surface area contributed by atoms with Crippen LogP contribution >= 0.6 is 0 Å². The SMILES string of the molecule is Cc1oc(-c2ccc(F)cc2)nc1CNC(=O)[C@@H]1C[C@H](Oc2ccncc2)CN1. The maximum Gasteiger partial charge on any atom is 0.237 e. The summed E-state index contributed by atoms with van der Waals surface area (Å²) in [5.74, 6) is 1.32. The lowest BCUT2D eigenvalue weighted by atomic mass is 10.2. The van der Waals surface area contributed by atoms with E-state index in [-0.39, 0.29) is 30.4 Å². The summed E-state index contributed by atoms with van der Waals surface area (Å²) in [6, 6.07) is 9.17. The first-order chi connectivity index (χ1) is 14.1. The lowest BCUT2D eigenvalue weighted by Crippen LogP contribution is -2.40. The maximum atomic E-state index is 13.1. The molecule has 0 bridgehead atoms. The number of amides is 1. The third-order valence-corrected chi connectivity index (χ3v) is 4.77. The summed E-state index contributed by atoms with van der Waals surface area (Å²) in [5.41, 5.74) is 1.32. The van der Waals surface area contributed by atoms with Gasteiger partial charge in [-0.05, 0) is 43.3 Å². The van der Waals surface area contributed by atoms with Crippen LogP contribution in [0.3, 0.4) is 0 Å². The van der Waals surface area contributed by atoms with E-state index in [4.69, 9.17) is 9.15 Å². The second kappa shape index (κ2) is 8.40. The Morgan fingerprint density at radius 2 is 2.03 bits per heavy atom. The molecule has 1 saturated heterocycles. The third kappa shape index (κ3) is 4.60. The number of carbonyl (C=O) groups excluding carboxylic acids is 1. The first kappa shape index (κ1) is 19.1. The number of nitrogens with zero attached hydrogens (tertiary/aromatic N) is 2. The molecule has 4 rings (SSSR count). The van der Waals surface area contributed by atoms with E-state index >= 15 is 0 Å². The van der Waals surface area contributed by atoms with Crippen LogP contribution in [0.1, 0.15) is 17.9 Å². The number of hydrogen-bond donors (Lipinski definition) is 2. The van der Waals surface area contributed by atoms with E-state index in [0.29, 0.717) is 35.9 Å². The molecule has 7 nitrogen and oxygen atoms in total. The van der Waals surface area contributed by atoms with E-state index in [0.717, 1.165) is 5.75 Å². The number of ether oxygens (including phenoxy) is 1. The first-order valence-electron chi connectivity index (χ1n) is 9.38. The fourth-order valence-corrected chi connectivity index (χ4v) is 3.20. The fraction of sp³-hybridized carbons (Fsp3) is 0.286. The van der Waals surface area contributed by atoms with Crippen LogP contribution in [-0.2, 0) is 11.3 Å². The van der Waals surface area contributed by atoms with Gasteiger partial charge >= 0.3 is 0 Å². The van der Waals surface area contributed by atoms with Crippen molar-refractivity contribution in [2.75, 3.05) is 6.54 Å². The molecule has 0 unspecified atom stereocenters. The van der Waals surface area contributed by atoms with Crippen LogP contribution in [0.2, 0.25) is 0 Å². The topological polar surface area (TPSA) is 89.3 Å². The van der Waals surface area contributed by atoms with E-state index in [9.17, 15) is 9.18 Å². The molecule has 1 amide bonds. The molecular weight excluding hydrogens is 375 g/mol. The van der Waals surface area contributed by atoms with Crippen LogP contribution in [0.15, 0.2) is 53.2 Å². The summed E-state index contributed by atoms with van der Waals surface area (Å²) < 4.78 is 24.6. The van der Waals surface area contributed by atoms with Crippen molar-refractivity contribution in [2.45, 2.75) is 32.0 Å². The molecule has 2 atom stereocenters. The number of nitrogens with one attached hydrogen (secondary N) is 2. The Morgan fingerprint density at radius 3 is 2.79 bits per heavy atom. The predicted octanol–water partition coefficient (Wildman–Crippen LogP) is 2.61. The normalized spacial score (nSPS) is 18.6. The molecule has 1 aliphatic heterocycles. The average Bonchev–Trinajstić information content (AvgIpc) is 3.34. The van der Waals surface area contributed by atoms with Gasteiger partial charge in [-0.2, -0.15) is 0 Å². The van der Waals surface area contributed by atoms with Gasteiger partial charge in [0.1, 0.15) is 29.1 Å². The highest BCUT2D eigenvalue weighted by atomic mass is 19.1. The van der Waals surface area contributed by atoms with Crippen molar-refractivity contribution in [3.05, 3.63) is 66.1 Å². The fourth-order valence-electron chi connectivity index (χ4n) is 3.20. The summed E-state index contributed by atoms with van der Waals surface area (Å²) in [4.78, 5) is 20.9. The number of rotatable bonds is 6. The highest BCUT2D eigenvalue weighted by Crippen LogP contribution is 2.22. The summed E-state index contributed by atoms with van der Waals surface area (Å²) in [7, 11) is 0. The molecule has 2 aromatic heterocycles. The average molecular weight is 396 g/mol. The summed E-state index contributed by atoms with van der Waals surface area (Å²) in [6.07, 6.45) is 3.84. The molecule has 0 spiro atoms. The van der Waals surface area contributed by atoms with E-state index in [1.54, 1.807) is 43.6 Å². The Morgan fingerprint density at radius 1 is 1.28 bits per heavy atom. The molecule has 150 valence electrons. The van der Waals surface area contributed by atoms with Crippen molar-refractivity contribution >= 4 is 5.91 Å². The maximum absolute atomic E-state index is 13.1. The van der Waals surface area contributed by atoms with Crippen LogP contribution in [0.4, 0.5) is 4.39 Å². The van der Waals surface area contributed by atoms with Gasteiger partial charge in [0.25, 0.3) is 0 Å². The lowest BCUT2D eigenvalue weighted by molar-refractivity contribution is -0.123. The van der Waals surface area contributed by atoms with Gasteiger partial charge in [0.15, 0.2) is 0 Å². The number of aromatic nitrogens is 2. The molecular formula is C21H21FN4O3. The second-order valence-corrected chi connectivity index (χ2v) is 6.87. The molecule has 8 heteroatoms. The number of halogens is 1. The van der Waals surface area contributed by atoms with Crippen molar-refractivity contribution in [1.82, 2.24) is 20.6 Å². The van der Waals surface area contributed by atoms with Crippen LogP contribution in [0, 0.1) is 12.7 Å². The molecule has 3 heterocycles.